The molecule has 0 radical (unpaired) electrons. The van der Waals surface area contributed by atoms with Gasteiger partial charge >= 0.3 is 0 Å². The smallest absolute Gasteiger partial charge is 0.269 e. The van der Waals surface area contributed by atoms with E-state index in [4.69, 9.17) is 25.3 Å². The molecule has 0 atom stereocenters. The molecule has 0 aliphatic carbocycles. The Hall–Kier alpha value is -9.00. The predicted molar refractivity (Wildman–Crippen MR) is 291 cm³/mol. The van der Waals surface area contributed by atoms with E-state index in [1.165, 1.54) is 6.92 Å². The number of imidazole rings is 1. The largest absolute Gasteiger partial charge is 0.456 e. The van der Waals surface area contributed by atoms with Gasteiger partial charge in [-0.15, -0.1) is 0 Å². The minimum Gasteiger partial charge on any atom is -0.456 e. The van der Waals surface area contributed by atoms with E-state index in [0.717, 1.165) is 21.3 Å². The summed E-state index contributed by atoms with van der Waals surface area (Å²) in [6, 6.07) is -30.3. The van der Waals surface area contributed by atoms with Crippen molar-refractivity contribution in [2.45, 2.75) is 33.1 Å². The Morgan fingerprint density at radius 1 is 0.535 bits per heavy atom. The molecule has 0 saturated heterocycles. The fraction of sp³-hybridized carbons (Fsp3) is 0.0769. The first-order chi connectivity index (χ1) is 49.3. The molecule has 0 unspecified atom stereocenters. The van der Waals surface area contributed by atoms with E-state index in [2.05, 4.69) is 11.3 Å². The van der Waals surface area contributed by atoms with Gasteiger partial charge in [0.25, 0.3) is 6.33 Å². The lowest BCUT2D eigenvalue weighted by Gasteiger charge is -2.20. The Bertz CT molecular complexity index is 6080. The van der Waals surface area contributed by atoms with Crippen LogP contribution in [-0.4, -0.2) is 18.7 Å². The molecule has 71 heavy (non-hydrogen) atoms. The number of hydrogen-bond donors (Lipinski definition) is 0. The second-order valence-electron chi connectivity index (χ2n) is 16.8. The Morgan fingerprint density at radius 3 is 1.83 bits per heavy atom. The van der Waals surface area contributed by atoms with Gasteiger partial charge in [-0.2, -0.15) is 0 Å². The predicted octanol–water partition coefficient (Wildman–Crippen LogP) is 16.0. The van der Waals surface area contributed by atoms with Gasteiger partial charge in [-0.3, -0.25) is 13.7 Å². The van der Waals surface area contributed by atoms with Crippen molar-refractivity contribution in [3.05, 3.63) is 241 Å². The maximum absolute atomic E-state index is 10.7. The molecule has 0 aliphatic heterocycles. The summed E-state index contributed by atoms with van der Waals surface area (Å²) in [6.45, 7) is 6.21. The molecule has 6 nitrogen and oxygen atoms in total. The number of hydrogen-bond acceptors (Lipinski definition) is 2. The van der Waals surface area contributed by atoms with E-state index in [1.807, 2.05) is 0 Å². The number of para-hydroxylation sites is 5. The molecular weight excluding hydrogens is 867 g/mol. The molecule has 0 aliphatic rings. The SMILES string of the molecule is [2H]c1nc(-n2c3cc(Oc4cc(-n5[c-][n+](-c6c(-c7c([2H])c([2H])c([2H])c([2H])c7[2H])c([2H])c([2H])c([2H])c6-c6c([2H])c([2H])c([2H])c([2H])c6[2H])c6c([2H])c([2H])c([2H])c([2H])c65)c([2H])c([2H])c4[2H])c(-n4c5c([2H])c([2H])c([2H])c([2H])c5c5c([2H])c([2H])c([2H])c([2H])c54)c([2H])c3c3c([2H])c(C)c([2H])c([2H])c32)c([2H])c(C(C)(C)C)c1[2H]. The van der Waals surface area contributed by atoms with Crippen molar-refractivity contribution in [2.24, 2.45) is 0 Å². The number of fused-ring (bicyclic) bond motifs is 7. The molecule has 9 aromatic carbocycles. The zero-order valence-corrected chi connectivity index (χ0v) is 37.3. The third kappa shape index (κ3) is 7.09. The highest BCUT2D eigenvalue weighted by Crippen LogP contribution is 2.43. The number of nitrogens with zero attached hydrogens (tertiary/aromatic N) is 5. The molecule has 13 aromatic rings. The van der Waals surface area contributed by atoms with Crippen LogP contribution in [0.4, 0.5) is 0 Å². The fourth-order valence-electron chi connectivity index (χ4n) is 8.28. The molecule has 6 heteroatoms. The van der Waals surface area contributed by atoms with E-state index in [9.17, 15) is 27.4 Å². The van der Waals surface area contributed by atoms with Crippen LogP contribution in [0.2, 0.25) is 0 Å². The van der Waals surface area contributed by atoms with Gasteiger partial charge in [0, 0.05) is 33.8 Å². The highest BCUT2D eigenvalue weighted by atomic mass is 16.5. The summed E-state index contributed by atoms with van der Waals surface area (Å²) in [5.74, 6) is -2.27. The summed E-state index contributed by atoms with van der Waals surface area (Å²) in [4.78, 5) is 4.36. The molecule has 340 valence electrons. The molecular formula is C65H49N5O. The first kappa shape index (κ1) is 19.4. The maximum Gasteiger partial charge on any atom is 0.269 e. The van der Waals surface area contributed by atoms with Crippen molar-refractivity contribution in [2.75, 3.05) is 0 Å². The summed E-state index contributed by atoms with van der Waals surface area (Å²) in [6.07, 6.45) is 2.00. The van der Waals surface area contributed by atoms with Gasteiger partial charge in [-0.25, -0.2) is 4.98 Å². The van der Waals surface area contributed by atoms with Gasteiger partial charge in [0.2, 0.25) is 0 Å². The Morgan fingerprint density at radius 2 is 1.14 bits per heavy atom. The van der Waals surface area contributed by atoms with Crippen molar-refractivity contribution in [1.82, 2.24) is 18.7 Å². The first-order valence-corrected chi connectivity index (χ1v) is 21.4. The topological polar surface area (TPSA) is 40.8 Å². The summed E-state index contributed by atoms with van der Waals surface area (Å²) in [7, 11) is 0. The van der Waals surface area contributed by atoms with Crippen LogP contribution in [0.3, 0.4) is 0 Å². The van der Waals surface area contributed by atoms with Gasteiger partial charge in [-0.05, 0) is 101 Å². The lowest BCUT2D eigenvalue weighted by molar-refractivity contribution is -0.571. The molecule has 0 N–H and O–H groups in total. The number of aromatic nitrogens is 5. The van der Waals surface area contributed by atoms with Crippen LogP contribution in [-0.2, 0) is 5.41 Å². The third-order valence-electron chi connectivity index (χ3n) is 11.4. The summed E-state index contributed by atoms with van der Waals surface area (Å²) in [5.41, 5.74) is -11.3. The highest BCUT2D eigenvalue weighted by molar-refractivity contribution is 6.13. The Labute approximate surface area is 461 Å². The Kier molecular flexibility index (Phi) is 4.54. The monoisotopic (exact) mass is 951 g/mol. The number of pyridine rings is 1. The van der Waals surface area contributed by atoms with Crippen LogP contribution in [0.5, 0.6) is 11.5 Å². The zero-order valence-electron chi connectivity index (χ0n) is 72.3. The van der Waals surface area contributed by atoms with E-state index in [0.29, 0.717) is 9.13 Å². The normalized spacial score (nSPS) is 18.8. The molecule has 0 bridgehead atoms. The van der Waals surface area contributed by atoms with E-state index >= 15 is 0 Å². The average Bonchev–Trinajstić information content (AvgIpc) is 1.50. The second-order valence-corrected chi connectivity index (χ2v) is 16.8. The van der Waals surface area contributed by atoms with Crippen molar-refractivity contribution < 1.29 is 57.3 Å². The second kappa shape index (κ2) is 16.6. The lowest BCUT2D eigenvalue weighted by atomic mass is 9.88. The Balaban J connectivity index is 1.24. The van der Waals surface area contributed by atoms with Crippen molar-refractivity contribution in [1.29, 1.82) is 0 Å². The third-order valence-corrected chi connectivity index (χ3v) is 11.4. The average molecular weight is 951 g/mol. The van der Waals surface area contributed by atoms with Crippen molar-refractivity contribution in [3.63, 3.8) is 0 Å². The minimum atomic E-state index is -1.14. The van der Waals surface area contributed by atoms with Crippen LogP contribution >= 0.6 is 0 Å². The van der Waals surface area contributed by atoms with Crippen LogP contribution < -0.4 is 9.30 Å². The van der Waals surface area contributed by atoms with Crippen LogP contribution in [0.1, 0.15) is 79.9 Å². The van der Waals surface area contributed by atoms with Gasteiger partial charge in [0.15, 0.2) is 5.75 Å². The molecule has 0 fully saturated rings. The summed E-state index contributed by atoms with van der Waals surface area (Å²) >= 11 is 0. The zero-order chi connectivity index (χ0) is 78.3. The van der Waals surface area contributed by atoms with Gasteiger partial charge < -0.3 is 9.30 Å². The number of rotatable bonds is 8. The van der Waals surface area contributed by atoms with Crippen LogP contribution in [0.25, 0.3) is 99.8 Å². The first-order valence-electron chi connectivity index (χ1n) is 38.9. The van der Waals surface area contributed by atoms with Gasteiger partial charge in [-0.1, -0.05) is 177 Å². The molecule has 0 spiro atoms. The standard InChI is InChI=1S/C65H49N5O/c1-43-33-34-57-53(37-43)54-40-61(69-55-29-13-11-25-51(55)52-26-12-14-30-56(52)69)62(41-60(54)70(57)63-38-46(35-36-66-63)65(2,3)4)71-48-24-17-23-47(39-48)67-42-68(59-32-16-15-31-58(59)67)64-49(44-19-7-5-8-20-44)27-18-28-50(64)45-21-9-6-10-22-45/h5-41H,1-4H3/i5D,6D,7D,8D,9D,10D,11D,12D,13D,14D,15D,16D,17D,18D,19D,20D,21D,22D,23D,24D,25D,26D,27D,28D,29D,30D,31D,32D,33D,34D,35D,36D,37D,38D,40D. The summed E-state index contributed by atoms with van der Waals surface area (Å²) < 4.78 is 333. The molecule has 4 heterocycles. The van der Waals surface area contributed by atoms with Gasteiger partial charge in [0.1, 0.15) is 11.6 Å². The quantitative estimate of drug-likeness (QED) is 0.112. The number of benzene rings is 9. The molecule has 4 aromatic heterocycles. The van der Waals surface area contributed by atoms with Crippen molar-refractivity contribution >= 4 is 54.6 Å². The van der Waals surface area contributed by atoms with E-state index < -0.39 is 323 Å². The minimum absolute atomic E-state index is 0.0734. The molecule has 0 saturated carbocycles. The van der Waals surface area contributed by atoms with Gasteiger partial charge in [0.05, 0.1) is 98.1 Å². The molecule has 0 amide bonds. The van der Waals surface area contributed by atoms with E-state index in [-0.39, 0.29) is 16.5 Å². The highest BCUT2D eigenvalue weighted by Gasteiger charge is 2.24. The molecule has 13 rings (SSSR count). The van der Waals surface area contributed by atoms with Crippen molar-refractivity contribution in [3.8, 4) is 56.6 Å². The van der Waals surface area contributed by atoms with Crippen LogP contribution in [0.15, 0.2) is 224 Å². The number of ether oxygens (including phenoxy) is 1. The maximum atomic E-state index is 10.7. The lowest BCUT2D eigenvalue weighted by Crippen LogP contribution is -2.31. The van der Waals surface area contributed by atoms with Crippen LogP contribution in [0, 0.1) is 13.3 Å². The van der Waals surface area contributed by atoms with E-state index in [1.54, 1.807) is 20.8 Å². The fourth-order valence-corrected chi connectivity index (χ4v) is 8.28. The summed E-state index contributed by atoms with van der Waals surface area (Å²) in [5, 5.41) is -1.83.